The zero-order valence-electron chi connectivity index (χ0n) is 20.8. The van der Waals surface area contributed by atoms with Crippen LogP contribution in [0.3, 0.4) is 0 Å². The molecule has 1 spiro atoms. The average molecular weight is 513 g/mol. The van der Waals surface area contributed by atoms with E-state index in [4.69, 9.17) is 11.2 Å². The molecule has 0 aromatic heterocycles. The van der Waals surface area contributed by atoms with E-state index in [1.54, 1.807) is 6.92 Å². The summed E-state index contributed by atoms with van der Waals surface area (Å²) in [6, 6.07) is 0. The Bertz CT molecular complexity index is 961. The summed E-state index contributed by atoms with van der Waals surface area (Å²) in [4.78, 5) is 0. The zero-order chi connectivity index (χ0) is 24.2. The quantitative estimate of drug-likeness (QED) is 0.270. The van der Waals surface area contributed by atoms with E-state index in [1.807, 2.05) is 0 Å². The van der Waals surface area contributed by atoms with E-state index < -0.39 is 23.5 Å². The van der Waals surface area contributed by atoms with Crippen LogP contribution < -0.4 is 0 Å². The molecule has 214 valence electrons. The smallest absolute Gasteiger partial charge is 0.172 e. The van der Waals surface area contributed by atoms with Gasteiger partial charge < -0.3 is 4.74 Å². The van der Waals surface area contributed by atoms with Crippen LogP contribution in [-0.4, -0.2) is 23.5 Å². The summed E-state index contributed by atoms with van der Waals surface area (Å²) in [6.45, 7) is 3.97. The first-order valence-corrected chi connectivity index (χ1v) is 13.4. The van der Waals surface area contributed by atoms with Crippen LogP contribution in [0.1, 0.15) is 117 Å². The maximum absolute atomic E-state index is 15.4. The van der Waals surface area contributed by atoms with Crippen molar-refractivity contribution in [2.24, 2.45) is 29.6 Å². The highest BCUT2D eigenvalue weighted by Gasteiger charge is 2.77. The van der Waals surface area contributed by atoms with Crippen LogP contribution in [0.25, 0.3) is 0 Å². The normalized spacial score (nSPS) is 40.8. The SMILES string of the molecule is C.C.C#CC#CC#CC#CC1(C)OC12C(F)CC(C1CCC(C3CCC(CCC)CC3)CC1)CC2F.[HH].[HH].[HH].[HH].[HH].[HH].[HH].[HH]. The van der Waals surface area contributed by atoms with E-state index in [2.05, 4.69) is 48.4 Å². The van der Waals surface area contributed by atoms with Gasteiger partial charge in [-0.05, 0) is 123 Å². The minimum Gasteiger partial charge on any atom is -0.343 e. The van der Waals surface area contributed by atoms with Gasteiger partial charge in [0.15, 0.2) is 11.2 Å². The summed E-state index contributed by atoms with van der Waals surface area (Å²) in [6.07, 6.45) is 16.2. The number of halogens is 2. The maximum atomic E-state index is 15.4. The fourth-order valence-electron chi connectivity index (χ4n) is 7.44. The Morgan fingerprint density at radius 3 is 1.78 bits per heavy atom. The number of hydrogen-bond donors (Lipinski definition) is 0. The van der Waals surface area contributed by atoms with Crippen molar-refractivity contribution < 1.29 is 24.9 Å². The van der Waals surface area contributed by atoms with Crippen molar-refractivity contribution in [2.45, 2.75) is 129 Å². The molecule has 3 saturated carbocycles. The summed E-state index contributed by atoms with van der Waals surface area (Å²) < 4.78 is 36.5. The Kier molecular flexibility index (Phi) is 11.0. The molecule has 4 rings (SSSR count). The third kappa shape index (κ3) is 6.13. The first-order chi connectivity index (χ1) is 16.4. The van der Waals surface area contributed by atoms with Gasteiger partial charge >= 0.3 is 0 Å². The lowest BCUT2D eigenvalue weighted by molar-refractivity contribution is -0.0105. The van der Waals surface area contributed by atoms with Crippen LogP contribution in [0, 0.1) is 77.5 Å². The molecular weight excluding hydrogens is 450 g/mol. The maximum Gasteiger partial charge on any atom is 0.172 e. The van der Waals surface area contributed by atoms with Gasteiger partial charge in [-0.15, -0.1) is 6.42 Å². The molecular formula is C33H62F2O. The Labute approximate surface area is 232 Å². The second-order valence-corrected chi connectivity index (χ2v) is 11.2. The molecule has 1 heterocycles. The summed E-state index contributed by atoms with van der Waals surface area (Å²) in [5.74, 6) is 20.8. The molecule has 1 aliphatic heterocycles. The third-order valence-electron chi connectivity index (χ3n) is 9.39. The van der Waals surface area contributed by atoms with Crippen LogP contribution in [0.5, 0.6) is 0 Å². The van der Waals surface area contributed by atoms with Gasteiger partial charge in [0, 0.05) is 11.4 Å². The van der Waals surface area contributed by atoms with E-state index in [1.165, 1.54) is 51.4 Å². The van der Waals surface area contributed by atoms with Gasteiger partial charge in [-0.1, -0.05) is 53.4 Å². The number of terminal acetylenes is 1. The Balaban J connectivity index is -0.000000274. The summed E-state index contributed by atoms with van der Waals surface area (Å²) in [5.41, 5.74) is -2.56. The van der Waals surface area contributed by atoms with E-state index >= 15 is 8.78 Å². The molecule has 4 fully saturated rings. The third-order valence-corrected chi connectivity index (χ3v) is 9.39. The largest absolute Gasteiger partial charge is 0.343 e. The molecule has 0 aromatic rings. The molecule has 1 nitrogen and oxygen atoms in total. The van der Waals surface area contributed by atoms with Gasteiger partial charge in [0.1, 0.15) is 12.3 Å². The zero-order valence-corrected chi connectivity index (χ0v) is 20.8. The lowest BCUT2D eigenvalue weighted by Crippen LogP contribution is -2.49. The van der Waals surface area contributed by atoms with Gasteiger partial charge in [0.05, 0.1) is 0 Å². The highest BCUT2D eigenvalue weighted by molar-refractivity contribution is 5.43. The summed E-state index contributed by atoms with van der Waals surface area (Å²) in [5, 5.41) is 0. The van der Waals surface area contributed by atoms with Crippen molar-refractivity contribution in [1.82, 2.24) is 0 Å². The van der Waals surface area contributed by atoms with Crippen molar-refractivity contribution in [3.63, 3.8) is 0 Å². The van der Waals surface area contributed by atoms with Crippen LogP contribution in [-0.2, 0) is 4.74 Å². The minimum absolute atomic E-state index is 0. The molecule has 3 unspecified atom stereocenters. The highest BCUT2D eigenvalue weighted by Crippen LogP contribution is 2.60. The van der Waals surface area contributed by atoms with Crippen LogP contribution in [0.15, 0.2) is 0 Å². The molecule has 1 saturated heterocycles. The monoisotopic (exact) mass is 512 g/mol. The predicted molar refractivity (Wildman–Crippen MR) is 163 cm³/mol. The lowest BCUT2D eigenvalue weighted by Gasteiger charge is -2.42. The lowest BCUT2D eigenvalue weighted by atomic mass is 9.63. The molecule has 3 heteroatoms. The minimum atomic E-state index is -1.43. The van der Waals surface area contributed by atoms with Gasteiger partial charge in [0.2, 0.25) is 0 Å². The van der Waals surface area contributed by atoms with Crippen LogP contribution in [0.4, 0.5) is 8.78 Å². The molecule has 0 bridgehead atoms. The van der Waals surface area contributed by atoms with Crippen LogP contribution >= 0.6 is 0 Å². The Morgan fingerprint density at radius 1 is 0.778 bits per heavy atom. The first-order valence-electron chi connectivity index (χ1n) is 13.4. The van der Waals surface area contributed by atoms with Gasteiger partial charge in [-0.3, -0.25) is 0 Å². The number of epoxide rings is 1. The number of hydrogen-bond acceptors (Lipinski definition) is 1. The molecule has 3 aliphatic carbocycles. The molecule has 36 heavy (non-hydrogen) atoms. The van der Waals surface area contributed by atoms with Crippen molar-refractivity contribution in [2.75, 3.05) is 0 Å². The fourth-order valence-corrected chi connectivity index (χ4v) is 7.44. The van der Waals surface area contributed by atoms with Gasteiger partial charge in [-0.25, -0.2) is 8.78 Å². The van der Waals surface area contributed by atoms with Crippen molar-refractivity contribution in [3.8, 4) is 47.9 Å². The fraction of sp³-hybridized carbons (Fsp3) is 0.758. The average Bonchev–Trinajstić information content (AvgIpc) is 3.47. The van der Waals surface area contributed by atoms with E-state index in [9.17, 15) is 0 Å². The Morgan fingerprint density at radius 2 is 1.25 bits per heavy atom. The number of ether oxygens (including phenoxy) is 1. The summed E-state index contributed by atoms with van der Waals surface area (Å²) >= 11 is 0. The van der Waals surface area contributed by atoms with E-state index in [0.717, 1.165) is 30.6 Å². The molecule has 0 N–H and O–H groups in total. The number of rotatable bonds is 4. The number of alkyl halides is 2. The summed E-state index contributed by atoms with van der Waals surface area (Å²) in [7, 11) is 0. The second kappa shape index (κ2) is 13.0. The van der Waals surface area contributed by atoms with Crippen molar-refractivity contribution >= 4 is 0 Å². The molecule has 0 amide bonds. The molecule has 0 radical (unpaired) electrons. The van der Waals surface area contributed by atoms with Crippen molar-refractivity contribution in [1.29, 1.82) is 0 Å². The van der Waals surface area contributed by atoms with E-state index in [-0.39, 0.29) is 32.2 Å². The standard InChI is InChI=1S/C31H38F2O.2CH4.8H2/c1-4-6-7-8-9-10-20-30(3)31(34-30)28(32)21-27(22-29(31)33)26-18-16-25(17-19-26)24-14-12-23(11-5-2)13-15-24;;;;;;;;;;/h1,23-29H,5,11-19,21-22H2,2-3H3;2*1H4;8*1H. The molecule has 3 atom stereocenters. The first kappa shape index (κ1) is 30.3. The van der Waals surface area contributed by atoms with Gasteiger partial charge in [-0.2, -0.15) is 0 Å². The molecule has 4 aliphatic rings. The Hall–Kier alpha value is -1.94. The topological polar surface area (TPSA) is 12.5 Å². The predicted octanol–water partition coefficient (Wildman–Crippen LogP) is 9.90. The second-order valence-electron chi connectivity index (χ2n) is 11.2. The van der Waals surface area contributed by atoms with Gasteiger partial charge in [0.25, 0.3) is 0 Å². The van der Waals surface area contributed by atoms with Crippen LogP contribution in [0.2, 0.25) is 0 Å². The van der Waals surface area contributed by atoms with E-state index in [0.29, 0.717) is 18.8 Å². The highest BCUT2D eigenvalue weighted by atomic mass is 19.1. The molecule has 0 aromatic carbocycles. The van der Waals surface area contributed by atoms with Crippen molar-refractivity contribution in [3.05, 3.63) is 0 Å².